The average molecular weight is 341 g/mol. The number of H-pyrrole nitrogens is 1. The van der Waals surface area contributed by atoms with Crippen LogP contribution in [0.1, 0.15) is 30.1 Å². The van der Waals surface area contributed by atoms with Crippen LogP contribution in [-0.2, 0) is 4.79 Å². The summed E-state index contributed by atoms with van der Waals surface area (Å²) < 4.78 is 0. The second-order valence-electron chi connectivity index (χ2n) is 7.22. The van der Waals surface area contributed by atoms with E-state index in [2.05, 4.69) is 9.97 Å². The number of hydrogen-bond donors (Lipinski definition) is 2. The number of fused-ring (bicyclic) bond motifs is 1. The lowest BCUT2D eigenvalue weighted by atomic mass is 9.85. The highest BCUT2D eigenvalue weighted by Crippen LogP contribution is 2.39. The SMILES string of the molecule is CC(CN)C(=O)N1CCCC12CN(C(=O)c1c[nH]c3ncccc13)C2. The first-order valence-electron chi connectivity index (χ1n) is 8.79. The third kappa shape index (κ3) is 2.41. The van der Waals surface area contributed by atoms with Crippen LogP contribution in [0.5, 0.6) is 0 Å². The lowest BCUT2D eigenvalue weighted by Gasteiger charge is -2.53. The molecule has 132 valence electrons. The molecule has 7 heteroatoms. The van der Waals surface area contributed by atoms with E-state index in [0.29, 0.717) is 25.2 Å². The number of nitrogens with two attached hydrogens (primary N) is 1. The van der Waals surface area contributed by atoms with Gasteiger partial charge in [0.05, 0.1) is 11.1 Å². The zero-order valence-electron chi connectivity index (χ0n) is 14.4. The third-order valence-electron chi connectivity index (χ3n) is 5.58. The number of nitrogens with one attached hydrogen (secondary N) is 1. The van der Waals surface area contributed by atoms with Crippen LogP contribution in [0.25, 0.3) is 11.0 Å². The second kappa shape index (κ2) is 5.84. The summed E-state index contributed by atoms with van der Waals surface area (Å²) in [6.07, 6.45) is 5.36. The second-order valence-corrected chi connectivity index (χ2v) is 7.22. The maximum absolute atomic E-state index is 12.9. The fourth-order valence-electron chi connectivity index (χ4n) is 4.09. The van der Waals surface area contributed by atoms with E-state index < -0.39 is 0 Å². The van der Waals surface area contributed by atoms with Crippen molar-refractivity contribution >= 4 is 22.8 Å². The minimum Gasteiger partial charge on any atom is -0.345 e. The number of aromatic amines is 1. The molecule has 2 aromatic heterocycles. The Kier molecular flexibility index (Phi) is 3.76. The zero-order chi connectivity index (χ0) is 17.6. The Balaban J connectivity index is 1.51. The summed E-state index contributed by atoms with van der Waals surface area (Å²) in [6.45, 7) is 4.19. The van der Waals surface area contributed by atoms with Crippen LogP contribution >= 0.6 is 0 Å². The van der Waals surface area contributed by atoms with Crippen LogP contribution in [0.2, 0.25) is 0 Å². The van der Waals surface area contributed by atoms with Crippen molar-refractivity contribution in [2.75, 3.05) is 26.2 Å². The topological polar surface area (TPSA) is 95.3 Å². The molecule has 2 aliphatic rings. The van der Waals surface area contributed by atoms with Crippen LogP contribution in [-0.4, -0.2) is 63.3 Å². The Hall–Kier alpha value is -2.41. The molecule has 1 spiro atoms. The van der Waals surface area contributed by atoms with E-state index >= 15 is 0 Å². The van der Waals surface area contributed by atoms with E-state index in [1.165, 1.54) is 0 Å². The number of aromatic nitrogens is 2. The summed E-state index contributed by atoms with van der Waals surface area (Å²) in [5.41, 5.74) is 6.83. The van der Waals surface area contributed by atoms with E-state index in [-0.39, 0.29) is 23.3 Å². The number of hydrogen-bond acceptors (Lipinski definition) is 4. The number of rotatable bonds is 3. The Morgan fingerprint density at radius 1 is 1.44 bits per heavy atom. The smallest absolute Gasteiger partial charge is 0.256 e. The van der Waals surface area contributed by atoms with Gasteiger partial charge in [0.2, 0.25) is 5.91 Å². The van der Waals surface area contributed by atoms with Gasteiger partial charge in [-0.2, -0.15) is 0 Å². The molecule has 4 heterocycles. The third-order valence-corrected chi connectivity index (χ3v) is 5.58. The molecule has 0 bridgehead atoms. The van der Waals surface area contributed by atoms with Crippen molar-refractivity contribution in [3.05, 3.63) is 30.1 Å². The quantitative estimate of drug-likeness (QED) is 0.870. The molecule has 1 unspecified atom stereocenters. The first-order chi connectivity index (χ1) is 12.1. The summed E-state index contributed by atoms with van der Waals surface area (Å²) in [5, 5.41) is 0.838. The minimum absolute atomic E-state index is 0.00366. The standard InChI is InChI=1S/C18H23N5O2/c1-12(8-19)16(24)23-7-3-5-18(23)10-22(11-18)17(25)14-9-21-15-13(14)4-2-6-20-15/h2,4,6,9,12H,3,5,7-8,10-11,19H2,1H3,(H,20,21). The van der Waals surface area contributed by atoms with Crippen molar-refractivity contribution in [1.82, 2.24) is 19.8 Å². The van der Waals surface area contributed by atoms with Gasteiger partial charge in [0, 0.05) is 49.9 Å². The maximum atomic E-state index is 12.9. The molecule has 25 heavy (non-hydrogen) atoms. The van der Waals surface area contributed by atoms with Crippen LogP contribution in [0.3, 0.4) is 0 Å². The monoisotopic (exact) mass is 341 g/mol. The highest BCUT2D eigenvalue weighted by molar-refractivity contribution is 6.06. The highest BCUT2D eigenvalue weighted by Gasteiger charge is 2.53. The van der Waals surface area contributed by atoms with Gasteiger partial charge in [-0.25, -0.2) is 4.98 Å². The highest BCUT2D eigenvalue weighted by atomic mass is 16.2. The fraction of sp³-hybridized carbons (Fsp3) is 0.500. The van der Waals surface area contributed by atoms with Crippen molar-refractivity contribution in [1.29, 1.82) is 0 Å². The zero-order valence-corrected chi connectivity index (χ0v) is 14.4. The van der Waals surface area contributed by atoms with Crippen molar-refractivity contribution in [2.45, 2.75) is 25.3 Å². The molecular formula is C18H23N5O2. The van der Waals surface area contributed by atoms with Gasteiger partial charge in [0.25, 0.3) is 5.91 Å². The average Bonchev–Trinajstić information content (AvgIpc) is 3.22. The van der Waals surface area contributed by atoms with Crippen LogP contribution < -0.4 is 5.73 Å². The first kappa shape index (κ1) is 16.1. The molecule has 0 aliphatic carbocycles. The van der Waals surface area contributed by atoms with Crippen molar-refractivity contribution in [3.63, 3.8) is 0 Å². The molecule has 0 saturated carbocycles. The summed E-state index contributed by atoms with van der Waals surface area (Å²) in [6, 6.07) is 3.73. The van der Waals surface area contributed by atoms with Crippen LogP contribution in [0, 0.1) is 5.92 Å². The number of likely N-dealkylation sites (tertiary alicyclic amines) is 2. The van der Waals surface area contributed by atoms with E-state index in [4.69, 9.17) is 5.73 Å². The maximum Gasteiger partial charge on any atom is 0.256 e. The molecule has 7 nitrogen and oxygen atoms in total. The fourth-order valence-corrected chi connectivity index (χ4v) is 4.09. The van der Waals surface area contributed by atoms with Gasteiger partial charge in [-0.1, -0.05) is 6.92 Å². The molecule has 0 radical (unpaired) electrons. The first-order valence-corrected chi connectivity index (χ1v) is 8.79. The number of carbonyl (C=O) groups excluding carboxylic acids is 2. The van der Waals surface area contributed by atoms with Crippen LogP contribution in [0.4, 0.5) is 0 Å². The summed E-state index contributed by atoms with van der Waals surface area (Å²) >= 11 is 0. The molecule has 4 rings (SSSR count). The number of nitrogens with zero attached hydrogens (tertiary/aromatic N) is 3. The Labute approximate surface area is 146 Å². The molecule has 2 saturated heterocycles. The van der Waals surface area contributed by atoms with E-state index in [1.54, 1.807) is 12.4 Å². The predicted molar refractivity (Wildman–Crippen MR) is 93.9 cm³/mol. The molecule has 2 aliphatic heterocycles. The van der Waals surface area contributed by atoms with E-state index in [1.807, 2.05) is 28.9 Å². The Morgan fingerprint density at radius 2 is 2.24 bits per heavy atom. The number of amides is 2. The van der Waals surface area contributed by atoms with Gasteiger partial charge in [-0.3, -0.25) is 9.59 Å². The molecule has 0 aromatic carbocycles. The van der Waals surface area contributed by atoms with Gasteiger partial charge < -0.3 is 20.5 Å². The number of carbonyl (C=O) groups is 2. The normalized spacial score (nSPS) is 20.1. The summed E-state index contributed by atoms with van der Waals surface area (Å²) in [4.78, 5) is 36.5. The molecule has 3 N–H and O–H groups in total. The Bertz CT molecular complexity index is 824. The lowest BCUT2D eigenvalue weighted by Crippen LogP contribution is -2.70. The number of pyridine rings is 1. The summed E-state index contributed by atoms with van der Waals surface area (Å²) in [7, 11) is 0. The Morgan fingerprint density at radius 3 is 3.00 bits per heavy atom. The lowest BCUT2D eigenvalue weighted by molar-refractivity contribution is -0.144. The summed E-state index contributed by atoms with van der Waals surface area (Å²) in [5.74, 6) is -0.0566. The molecule has 2 aromatic rings. The molecular weight excluding hydrogens is 318 g/mol. The predicted octanol–water partition coefficient (Wildman–Crippen LogP) is 0.975. The van der Waals surface area contributed by atoms with Crippen molar-refractivity contribution in [2.24, 2.45) is 11.7 Å². The molecule has 1 atom stereocenters. The van der Waals surface area contributed by atoms with Gasteiger partial charge in [0.1, 0.15) is 5.65 Å². The van der Waals surface area contributed by atoms with Crippen LogP contribution in [0.15, 0.2) is 24.5 Å². The molecule has 2 amide bonds. The van der Waals surface area contributed by atoms with Gasteiger partial charge in [-0.05, 0) is 25.0 Å². The van der Waals surface area contributed by atoms with Gasteiger partial charge in [-0.15, -0.1) is 0 Å². The molecule has 2 fully saturated rings. The largest absolute Gasteiger partial charge is 0.345 e. The van der Waals surface area contributed by atoms with Crippen molar-refractivity contribution < 1.29 is 9.59 Å². The van der Waals surface area contributed by atoms with Gasteiger partial charge in [0.15, 0.2) is 0 Å². The van der Waals surface area contributed by atoms with Gasteiger partial charge >= 0.3 is 0 Å². The minimum atomic E-state index is -0.194. The van der Waals surface area contributed by atoms with Crippen molar-refractivity contribution in [3.8, 4) is 0 Å². The van der Waals surface area contributed by atoms with E-state index in [9.17, 15) is 9.59 Å². The van der Waals surface area contributed by atoms with E-state index in [0.717, 1.165) is 30.4 Å².